The van der Waals surface area contributed by atoms with Crippen LogP contribution in [0.25, 0.3) is 0 Å². The Morgan fingerprint density at radius 3 is 2.41 bits per heavy atom. The van der Waals surface area contributed by atoms with Crippen LogP contribution in [0.3, 0.4) is 0 Å². The van der Waals surface area contributed by atoms with Crippen molar-refractivity contribution in [2.75, 3.05) is 13.2 Å². The van der Waals surface area contributed by atoms with Gasteiger partial charge in [0.1, 0.15) is 5.75 Å². The van der Waals surface area contributed by atoms with Crippen LogP contribution in [0.4, 0.5) is 0 Å². The Hall–Kier alpha value is -1.60. The molecule has 1 aromatic rings. The smallest absolute Gasteiger partial charge is 0.311 e. The minimum atomic E-state index is -3.60. The number of rotatable bonds is 8. The topological polar surface area (TPSA) is 72.9 Å². The Morgan fingerprint density at radius 1 is 1.19 bits per heavy atom. The highest BCUT2D eigenvalue weighted by atomic mass is 32.2. The molecule has 0 spiro atoms. The van der Waals surface area contributed by atoms with Gasteiger partial charge in [0.15, 0.2) is 0 Å². The molecule has 1 saturated heterocycles. The van der Waals surface area contributed by atoms with Crippen molar-refractivity contribution >= 4 is 16.0 Å². The summed E-state index contributed by atoms with van der Waals surface area (Å²) in [6.45, 7) is 5.06. The van der Waals surface area contributed by atoms with Gasteiger partial charge in [-0.15, -0.1) is 0 Å². The molecular weight excluding hydrogens is 366 g/mol. The van der Waals surface area contributed by atoms with E-state index in [1.807, 2.05) is 17.0 Å². The predicted octanol–water partition coefficient (Wildman–Crippen LogP) is 3.11. The van der Waals surface area contributed by atoms with E-state index < -0.39 is 15.4 Å². The van der Waals surface area contributed by atoms with Gasteiger partial charge in [0.25, 0.3) is 0 Å². The van der Waals surface area contributed by atoms with Crippen LogP contribution in [0.1, 0.15) is 51.5 Å². The van der Waals surface area contributed by atoms with E-state index in [9.17, 15) is 13.2 Å². The van der Waals surface area contributed by atoms with Gasteiger partial charge in [-0.1, -0.05) is 18.6 Å². The molecule has 1 heterocycles. The molecule has 7 heteroatoms. The summed E-state index contributed by atoms with van der Waals surface area (Å²) >= 11 is 0. The maximum absolute atomic E-state index is 12.8. The lowest BCUT2D eigenvalue weighted by Crippen LogP contribution is -2.42. The number of ether oxygens (including phenoxy) is 1. The van der Waals surface area contributed by atoms with Crippen LogP contribution < -0.4 is 4.18 Å². The average Bonchev–Trinajstić information content (AvgIpc) is 3.07. The van der Waals surface area contributed by atoms with Gasteiger partial charge in [-0.2, -0.15) is 8.42 Å². The van der Waals surface area contributed by atoms with Crippen LogP contribution in [0.2, 0.25) is 0 Å². The van der Waals surface area contributed by atoms with Crippen molar-refractivity contribution in [3.8, 4) is 5.75 Å². The van der Waals surface area contributed by atoms with E-state index in [0.717, 1.165) is 44.3 Å². The summed E-state index contributed by atoms with van der Waals surface area (Å²) in [4.78, 5) is 14.7. The maximum Gasteiger partial charge on any atom is 0.311 e. The lowest BCUT2D eigenvalue weighted by atomic mass is 9.84. The molecule has 1 aliphatic carbocycles. The molecule has 1 amide bonds. The van der Waals surface area contributed by atoms with E-state index in [-0.39, 0.29) is 17.9 Å². The molecule has 1 atom stereocenters. The van der Waals surface area contributed by atoms with Gasteiger partial charge in [0.2, 0.25) is 5.91 Å². The molecule has 1 aromatic carbocycles. The third-order valence-corrected chi connectivity index (χ3v) is 6.88. The standard InChI is InChI=1S/C20H29NO5S/c1-15(2)27(23,24)26-18-10-8-16(9-11-18)13-21(14-19-7-4-12-25-19)20(22)17-5-3-6-17/h8-11,15,17,19H,3-7,12-14H2,1-2H3. The Morgan fingerprint density at radius 2 is 1.89 bits per heavy atom. The Balaban J connectivity index is 1.66. The molecule has 2 fully saturated rings. The summed E-state index contributed by atoms with van der Waals surface area (Å²) in [5.41, 5.74) is 0.954. The highest BCUT2D eigenvalue weighted by molar-refractivity contribution is 7.87. The van der Waals surface area contributed by atoms with Gasteiger partial charge >= 0.3 is 10.1 Å². The van der Waals surface area contributed by atoms with Crippen molar-refractivity contribution in [2.45, 2.75) is 63.9 Å². The van der Waals surface area contributed by atoms with Crippen molar-refractivity contribution in [1.29, 1.82) is 0 Å². The zero-order valence-electron chi connectivity index (χ0n) is 16.1. The number of hydrogen-bond donors (Lipinski definition) is 0. The summed E-state index contributed by atoms with van der Waals surface area (Å²) in [6.07, 6.45) is 5.23. The molecular formula is C20H29NO5S. The second-order valence-electron chi connectivity index (χ2n) is 7.75. The number of benzene rings is 1. The lowest BCUT2D eigenvalue weighted by molar-refractivity contribution is -0.140. The fraction of sp³-hybridized carbons (Fsp3) is 0.650. The monoisotopic (exact) mass is 395 g/mol. The first-order valence-electron chi connectivity index (χ1n) is 9.78. The summed E-state index contributed by atoms with van der Waals surface area (Å²) in [5, 5.41) is -0.598. The molecule has 2 aliphatic rings. The number of nitrogens with zero attached hydrogens (tertiary/aromatic N) is 1. The minimum absolute atomic E-state index is 0.118. The molecule has 1 aliphatic heterocycles. The van der Waals surface area contributed by atoms with Gasteiger partial charge < -0.3 is 13.8 Å². The second kappa shape index (κ2) is 8.61. The van der Waals surface area contributed by atoms with E-state index in [2.05, 4.69) is 0 Å². The van der Waals surface area contributed by atoms with Gasteiger partial charge in [0.05, 0.1) is 11.4 Å². The lowest BCUT2D eigenvalue weighted by Gasteiger charge is -2.33. The third kappa shape index (κ3) is 5.23. The summed E-state index contributed by atoms with van der Waals surface area (Å²) in [6, 6.07) is 6.93. The molecule has 6 nitrogen and oxygen atoms in total. The van der Waals surface area contributed by atoms with Crippen molar-refractivity contribution in [2.24, 2.45) is 5.92 Å². The van der Waals surface area contributed by atoms with E-state index in [0.29, 0.717) is 18.8 Å². The van der Waals surface area contributed by atoms with Crippen LogP contribution in [-0.4, -0.2) is 43.7 Å². The highest BCUT2D eigenvalue weighted by Crippen LogP contribution is 2.29. The van der Waals surface area contributed by atoms with Crippen molar-refractivity contribution < 1.29 is 22.1 Å². The molecule has 0 radical (unpaired) electrons. The van der Waals surface area contributed by atoms with E-state index in [1.54, 1.807) is 26.0 Å². The minimum Gasteiger partial charge on any atom is -0.382 e. The predicted molar refractivity (Wildman–Crippen MR) is 103 cm³/mol. The van der Waals surface area contributed by atoms with E-state index >= 15 is 0 Å². The summed E-state index contributed by atoms with van der Waals surface area (Å²) < 4.78 is 34.6. The van der Waals surface area contributed by atoms with Gasteiger partial charge in [-0.25, -0.2) is 0 Å². The Kier molecular flexibility index (Phi) is 6.42. The second-order valence-corrected chi connectivity index (χ2v) is 9.85. The van der Waals surface area contributed by atoms with Crippen LogP contribution >= 0.6 is 0 Å². The first kappa shape index (κ1) is 20.1. The quantitative estimate of drug-likeness (QED) is 0.633. The normalized spacial score (nSPS) is 20.5. The van der Waals surface area contributed by atoms with Crippen molar-refractivity contribution in [1.82, 2.24) is 4.90 Å². The summed E-state index contributed by atoms with van der Waals surface area (Å²) in [5.74, 6) is 0.646. The fourth-order valence-corrected chi connectivity index (χ4v) is 3.85. The zero-order chi connectivity index (χ0) is 19.4. The van der Waals surface area contributed by atoms with Crippen LogP contribution in [0.5, 0.6) is 5.75 Å². The van der Waals surface area contributed by atoms with Crippen LogP contribution in [0.15, 0.2) is 24.3 Å². The Bertz CT molecular complexity index is 734. The van der Waals surface area contributed by atoms with Crippen LogP contribution in [0, 0.1) is 5.92 Å². The number of hydrogen-bond acceptors (Lipinski definition) is 5. The number of carbonyl (C=O) groups excluding carboxylic acids is 1. The molecule has 1 unspecified atom stereocenters. The molecule has 0 N–H and O–H groups in total. The average molecular weight is 396 g/mol. The van der Waals surface area contributed by atoms with Crippen LogP contribution in [-0.2, 0) is 26.2 Å². The first-order valence-corrected chi connectivity index (χ1v) is 11.2. The van der Waals surface area contributed by atoms with E-state index in [1.165, 1.54) is 0 Å². The number of amides is 1. The van der Waals surface area contributed by atoms with Gasteiger partial charge in [-0.3, -0.25) is 4.79 Å². The Labute approximate surface area is 162 Å². The SMILES string of the molecule is CC(C)S(=O)(=O)Oc1ccc(CN(CC2CCCO2)C(=O)C2CCC2)cc1. The molecule has 0 aromatic heterocycles. The fourth-order valence-electron chi connectivity index (χ4n) is 3.28. The van der Waals surface area contributed by atoms with Gasteiger partial charge in [0, 0.05) is 25.6 Å². The highest BCUT2D eigenvalue weighted by Gasteiger charge is 2.31. The molecule has 0 bridgehead atoms. The van der Waals surface area contributed by atoms with E-state index in [4.69, 9.17) is 8.92 Å². The zero-order valence-corrected chi connectivity index (χ0v) is 16.9. The molecule has 1 saturated carbocycles. The first-order chi connectivity index (χ1) is 12.8. The number of carbonyl (C=O) groups is 1. The molecule has 27 heavy (non-hydrogen) atoms. The summed E-state index contributed by atoms with van der Waals surface area (Å²) in [7, 11) is -3.60. The van der Waals surface area contributed by atoms with Crippen molar-refractivity contribution in [3.05, 3.63) is 29.8 Å². The molecule has 3 rings (SSSR count). The molecule has 150 valence electrons. The third-order valence-electron chi connectivity index (χ3n) is 5.30. The maximum atomic E-state index is 12.8. The van der Waals surface area contributed by atoms with Crippen molar-refractivity contribution in [3.63, 3.8) is 0 Å². The van der Waals surface area contributed by atoms with Gasteiger partial charge in [-0.05, 0) is 57.2 Å². The largest absolute Gasteiger partial charge is 0.382 e.